The monoisotopic (exact) mass is 244 g/mol. The molecule has 0 saturated carbocycles. The first-order valence-electron chi connectivity index (χ1n) is 5.26. The Kier molecular flexibility index (Phi) is 3.04. The first-order valence-corrected chi connectivity index (χ1v) is 5.64. The van der Waals surface area contributed by atoms with Gasteiger partial charge in [0.2, 0.25) is 0 Å². The van der Waals surface area contributed by atoms with E-state index in [1.54, 1.807) is 18.0 Å². The Hall–Kier alpha value is -0.870. The van der Waals surface area contributed by atoms with Gasteiger partial charge in [0.15, 0.2) is 6.17 Å². The molecule has 1 N–H and O–H groups in total. The van der Waals surface area contributed by atoms with E-state index < -0.39 is 12.3 Å². The lowest BCUT2D eigenvalue weighted by Gasteiger charge is -2.39. The second kappa shape index (κ2) is 4.18. The molecule has 0 spiro atoms. The Balaban J connectivity index is 2.50. The van der Waals surface area contributed by atoms with Crippen molar-refractivity contribution in [2.24, 2.45) is 0 Å². The number of rotatable bonds is 1. The van der Waals surface area contributed by atoms with Gasteiger partial charge in [0, 0.05) is 13.2 Å². The number of fused-ring (bicyclic) bond motifs is 1. The first-order chi connectivity index (χ1) is 7.56. The fraction of sp³-hybridized carbons (Fsp3) is 0.545. The minimum absolute atomic E-state index is 0.331. The predicted octanol–water partition coefficient (Wildman–Crippen LogP) is 2.33. The molecule has 3 nitrogen and oxygen atoms in total. The summed E-state index contributed by atoms with van der Waals surface area (Å²) in [6.45, 7) is 1.89. The standard InChI is InChI=1S/C11H14ClFN2O/c1-3-7-9(13)11(16)10-8(15(7)2)4-6(12)5-14-10/h4-5,7,9,11,16H,3H2,1-2H3. The molecule has 0 aromatic carbocycles. The molecule has 2 rings (SSSR count). The van der Waals surface area contributed by atoms with Gasteiger partial charge in [-0.05, 0) is 12.5 Å². The lowest BCUT2D eigenvalue weighted by molar-refractivity contribution is 0.0496. The van der Waals surface area contributed by atoms with Crippen LogP contribution in [-0.2, 0) is 0 Å². The summed E-state index contributed by atoms with van der Waals surface area (Å²) in [5.74, 6) is 0. The zero-order valence-electron chi connectivity index (χ0n) is 9.19. The van der Waals surface area contributed by atoms with E-state index in [9.17, 15) is 9.50 Å². The van der Waals surface area contributed by atoms with Crippen LogP contribution in [0.15, 0.2) is 12.3 Å². The van der Waals surface area contributed by atoms with Crippen LogP contribution in [0.4, 0.5) is 10.1 Å². The zero-order chi connectivity index (χ0) is 11.9. The molecule has 1 aromatic heterocycles. The molecule has 88 valence electrons. The molecular weight excluding hydrogens is 231 g/mol. The number of aromatic nitrogens is 1. The van der Waals surface area contributed by atoms with Crippen LogP contribution in [0.2, 0.25) is 5.02 Å². The summed E-state index contributed by atoms with van der Waals surface area (Å²) in [6.07, 6.45) is -0.415. The molecule has 2 heterocycles. The van der Waals surface area contributed by atoms with Gasteiger partial charge in [-0.25, -0.2) is 4.39 Å². The maximum atomic E-state index is 13.9. The molecule has 3 unspecified atom stereocenters. The smallest absolute Gasteiger partial charge is 0.152 e. The van der Waals surface area contributed by atoms with Crippen LogP contribution >= 0.6 is 11.6 Å². The number of anilines is 1. The SMILES string of the molecule is CCC1C(F)C(O)c2ncc(Cl)cc2N1C. The van der Waals surface area contributed by atoms with E-state index in [4.69, 9.17) is 11.6 Å². The third-order valence-corrected chi connectivity index (χ3v) is 3.32. The Morgan fingerprint density at radius 2 is 2.31 bits per heavy atom. The maximum absolute atomic E-state index is 13.9. The van der Waals surface area contributed by atoms with Crippen LogP contribution in [0.1, 0.15) is 25.1 Å². The quantitative estimate of drug-likeness (QED) is 0.824. The maximum Gasteiger partial charge on any atom is 0.152 e. The summed E-state index contributed by atoms with van der Waals surface area (Å²) in [7, 11) is 1.80. The van der Waals surface area contributed by atoms with E-state index in [-0.39, 0.29) is 6.04 Å². The van der Waals surface area contributed by atoms with E-state index >= 15 is 0 Å². The number of pyridine rings is 1. The highest BCUT2D eigenvalue weighted by atomic mass is 35.5. The lowest BCUT2D eigenvalue weighted by Crippen LogP contribution is -2.46. The van der Waals surface area contributed by atoms with E-state index in [1.165, 1.54) is 6.20 Å². The number of hydrogen-bond acceptors (Lipinski definition) is 3. The van der Waals surface area contributed by atoms with Crippen molar-refractivity contribution in [2.45, 2.75) is 31.7 Å². The van der Waals surface area contributed by atoms with Crippen molar-refractivity contribution >= 4 is 17.3 Å². The Bertz CT molecular complexity index is 402. The Labute approximate surface area is 98.9 Å². The van der Waals surface area contributed by atoms with Crippen molar-refractivity contribution in [1.29, 1.82) is 0 Å². The number of halogens is 2. The lowest BCUT2D eigenvalue weighted by atomic mass is 9.94. The van der Waals surface area contributed by atoms with E-state index in [2.05, 4.69) is 4.98 Å². The van der Waals surface area contributed by atoms with Gasteiger partial charge in [0.05, 0.1) is 22.4 Å². The first kappa shape index (κ1) is 11.6. The fourth-order valence-corrected chi connectivity index (χ4v) is 2.35. The van der Waals surface area contributed by atoms with Gasteiger partial charge in [0.25, 0.3) is 0 Å². The van der Waals surface area contributed by atoms with Gasteiger partial charge in [-0.2, -0.15) is 0 Å². The van der Waals surface area contributed by atoms with Crippen LogP contribution in [0, 0.1) is 0 Å². The summed E-state index contributed by atoms with van der Waals surface area (Å²) < 4.78 is 13.9. The second-order valence-electron chi connectivity index (χ2n) is 4.03. The molecule has 0 radical (unpaired) electrons. The molecule has 1 aromatic rings. The average Bonchev–Trinajstić information content (AvgIpc) is 2.27. The van der Waals surface area contributed by atoms with Crippen molar-refractivity contribution < 1.29 is 9.50 Å². The van der Waals surface area contributed by atoms with Gasteiger partial charge in [-0.3, -0.25) is 4.98 Å². The number of aliphatic hydroxyl groups excluding tert-OH is 1. The fourth-order valence-electron chi connectivity index (χ4n) is 2.20. The molecule has 5 heteroatoms. The van der Waals surface area contributed by atoms with Gasteiger partial charge in [-0.1, -0.05) is 18.5 Å². The average molecular weight is 245 g/mol. The minimum atomic E-state index is -1.31. The molecule has 0 saturated heterocycles. The van der Waals surface area contributed by atoms with Crippen LogP contribution < -0.4 is 4.90 Å². The van der Waals surface area contributed by atoms with Crippen molar-refractivity contribution in [3.63, 3.8) is 0 Å². The van der Waals surface area contributed by atoms with Crippen LogP contribution in [0.5, 0.6) is 0 Å². The van der Waals surface area contributed by atoms with Crippen molar-refractivity contribution in [1.82, 2.24) is 4.98 Å². The molecule has 0 amide bonds. The molecule has 0 bridgehead atoms. The molecule has 1 aliphatic heterocycles. The second-order valence-corrected chi connectivity index (χ2v) is 4.47. The van der Waals surface area contributed by atoms with E-state index in [0.717, 1.165) is 0 Å². The molecule has 16 heavy (non-hydrogen) atoms. The number of nitrogens with zero attached hydrogens (tertiary/aromatic N) is 2. The normalized spacial score (nSPS) is 29.1. The van der Waals surface area contributed by atoms with Crippen LogP contribution in [0.25, 0.3) is 0 Å². The summed E-state index contributed by atoms with van der Waals surface area (Å²) in [5, 5.41) is 10.3. The van der Waals surface area contributed by atoms with E-state index in [0.29, 0.717) is 22.8 Å². The predicted molar refractivity (Wildman–Crippen MR) is 61.6 cm³/mol. The Morgan fingerprint density at radius 3 is 2.94 bits per heavy atom. The highest BCUT2D eigenvalue weighted by molar-refractivity contribution is 6.30. The van der Waals surface area contributed by atoms with Gasteiger partial charge in [-0.15, -0.1) is 0 Å². The van der Waals surface area contributed by atoms with Gasteiger partial charge >= 0.3 is 0 Å². The summed E-state index contributed by atoms with van der Waals surface area (Å²) >= 11 is 5.85. The molecule has 0 fully saturated rings. The molecular formula is C11H14ClFN2O. The molecule has 1 aliphatic rings. The summed E-state index contributed by atoms with van der Waals surface area (Å²) in [6, 6.07) is 1.38. The Morgan fingerprint density at radius 1 is 1.62 bits per heavy atom. The van der Waals surface area contributed by atoms with Crippen molar-refractivity contribution in [3.8, 4) is 0 Å². The number of aliphatic hydroxyl groups is 1. The third kappa shape index (κ3) is 1.66. The topological polar surface area (TPSA) is 36.4 Å². The minimum Gasteiger partial charge on any atom is -0.384 e. The molecule has 0 aliphatic carbocycles. The van der Waals surface area contributed by atoms with Crippen molar-refractivity contribution in [2.75, 3.05) is 11.9 Å². The van der Waals surface area contributed by atoms with Crippen molar-refractivity contribution in [3.05, 3.63) is 23.0 Å². The summed E-state index contributed by atoms with van der Waals surface area (Å²) in [5.41, 5.74) is 1.07. The van der Waals surface area contributed by atoms with Crippen LogP contribution in [0.3, 0.4) is 0 Å². The van der Waals surface area contributed by atoms with Crippen LogP contribution in [-0.4, -0.2) is 29.4 Å². The number of hydrogen-bond donors (Lipinski definition) is 1. The zero-order valence-corrected chi connectivity index (χ0v) is 9.95. The summed E-state index contributed by atoms with van der Waals surface area (Å²) in [4.78, 5) is 5.80. The molecule has 3 atom stereocenters. The highest BCUT2D eigenvalue weighted by Crippen LogP contribution is 2.38. The largest absolute Gasteiger partial charge is 0.384 e. The van der Waals surface area contributed by atoms with E-state index in [1.807, 2.05) is 6.92 Å². The highest BCUT2D eigenvalue weighted by Gasteiger charge is 2.39. The number of alkyl halides is 1. The van der Waals surface area contributed by atoms with Gasteiger partial charge in [0.1, 0.15) is 6.10 Å². The van der Waals surface area contributed by atoms with Gasteiger partial charge < -0.3 is 10.0 Å². The third-order valence-electron chi connectivity index (χ3n) is 3.11.